The second kappa shape index (κ2) is 8.01. The fourth-order valence-electron chi connectivity index (χ4n) is 2.65. The maximum Gasteiger partial charge on any atom is 0.344 e. The van der Waals surface area contributed by atoms with E-state index in [9.17, 15) is 22.0 Å². The molecule has 13 heteroatoms. The van der Waals surface area contributed by atoms with Crippen molar-refractivity contribution < 1.29 is 26.7 Å². The highest BCUT2D eigenvalue weighted by atomic mass is 32.2. The minimum Gasteiger partial charge on any atom is -0.767 e. The van der Waals surface area contributed by atoms with Crippen LogP contribution in [-0.4, -0.2) is 46.1 Å². The van der Waals surface area contributed by atoms with Crippen LogP contribution in [-0.2, 0) is 21.3 Å². The molecule has 2 aromatic rings. The molecule has 2 heterocycles. The van der Waals surface area contributed by atoms with E-state index in [-0.39, 0.29) is 34.5 Å². The summed E-state index contributed by atoms with van der Waals surface area (Å²) in [7, 11) is -3.91. The molecule has 30 heavy (non-hydrogen) atoms. The Morgan fingerprint density at radius 1 is 1.37 bits per heavy atom. The first kappa shape index (κ1) is 21.7. The predicted molar refractivity (Wildman–Crippen MR) is 108 cm³/mol. The van der Waals surface area contributed by atoms with Crippen molar-refractivity contribution in [1.29, 1.82) is 0 Å². The van der Waals surface area contributed by atoms with Crippen molar-refractivity contribution in [1.82, 2.24) is 10.3 Å². The Morgan fingerprint density at radius 3 is 2.80 bits per heavy atom. The van der Waals surface area contributed by atoms with Crippen molar-refractivity contribution in [2.45, 2.75) is 24.4 Å². The van der Waals surface area contributed by atoms with E-state index >= 15 is 0 Å². The van der Waals surface area contributed by atoms with Crippen molar-refractivity contribution >= 4 is 38.7 Å². The number of nitrogens with one attached hydrogen (secondary N) is 2. The van der Waals surface area contributed by atoms with E-state index in [4.69, 9.17) is 10.5 Å². The zero-order chi connectivity index (χ0) is 22.1. The monoisotopic (exact) mass is 452 g/mol. The van der Waals surface area contributed by atoms with Crippen molar-refractivity contribution in [3.63, 3.8) is 0 Å². The molecule has 0 fully saturated rings. The summed E-state index contributed by atoms with van der Waals surface area (Å²) in [6.45, 7) is 3.41. The molecule has 0 bridgehead atoms. The van der Waals surface area contributed by atoms with Crippen molar-refractivity contribution in [3.8, 4) is 5.75 Å². The van der Waals surface area contributed by atoms with E-state index in [1.165, 1.54) is 18.3 Å². The lowest BCUT2D eigenvalue weighted by atomic mass is 10.1. The average molecular weight is 452 g/mol. The van der Waals surface area contributed by atoms with E-state index in [2.05, 4.69) is 19.4 Å². The number of amidine groups is 1. The third-order valence-electron chi connectivity index (χ3n) is 3.95. The molecule has 3 rings (SSSR count). The summed E-state index contributed by atoms with van der Waals surface area (Å²) in [5, 5.41) is 2.50. The predicted octanol–water partition coefficient (Wildman–Crippen LogP) is 0.283. The SMILES string of the molecule is CC(C)(COc1cccc2c1C(N)=NS(=O)(=O)N2)NC(=O)c1ccnc(S(=O)[O-])c1. The molecule has 0 aliphatic carbocycles. The molecule has 1 amide bonds. The first-order valence-corrected chi connectivity index (χ1v) is 11.0. The first-order valence-electron chi connectivity index (χ1n) is 8.50. The van der Waals surface area contributed by atoms with E-state index in [1.807, 2.05) is 0 Å². The summed E-state index contributed by atoms with van der Waals surface area (Å²) in [6.07, 6.45) is 1.23. The molecular formula is C17H18N5O6S2-. The Balaban J connectivity index is 1.74. The van der Waals surface area contributed by atoms with Crippen molar-refractivity contribution in [3.05, 3.63) is 47.7 Å². The Morgan fingerprint density at radius 2 is 2.10 bits per heavy atom. The molecule has 0 spiro atoms. The van der Waals surface area contributed by atoms with Crippen LogP contribution >= 0.6 is 0 Å². The number of anilines is 1. The number of amides is 1. The smallest absolute Gasteiger partial charge is 0.344 e. The lowest BCUT2D eigenvalue weighted by Gasteiger charge is -2.27. The summed E-state index contributed by atoms with van der Waals surface area (Å²) >= 11 is -2.56. The highest BCUT2D eigenvalue weighted by molar-refractivity contribution is 7.91. The molecule has 0 radical (unpaired) electrons. The van der Waals surface area contributed by atoms with Crippen LogP contribution < -0.4 is 20.5 Å². The van der Waals surface area contributed by atoms with Crippen LogP contribution in [0.1, 0.15) is 29.8 Å². The van der Waals surface area contributed by atoms with Crippen molar-refractivity contribution in [2.24, 2.45) is 10.1 Å². The van der Waals surface area contributed by atoms with Crippen LogP contribution in [0.2, 0.25) is 0 Å². The summed E-state index contributed by atoms with van der Waals surface area (Å²) in [5.41, 5.74) is 5.56. The van der Waals surface area contributed by atoms with Gasteiger partial charge in [0.1, 0.15) is 17.4 Å². The number of nitrogens with two attached hydrogens (primary N) is 1. The van der Waals surface area contributed by atoms with Gasteiger partial charge in [-0.05, 0) is 49.2 Å². The van der Waals surface area contributed by atoms with Gasteiger partial charge in [-0.2, -0.15) is 8.42 Å². The van der Waals surface area contributed by atoms with Gasteiger partial charge < -0.3 is 20.3 Å². The van der Waals surface area contributed by atoms with Gasteiger partial charge in [-0.3, -0.25) is 13.7 Å². The van der Waals surface area contributed by atoms with Crippen molar-refractivity contribution in [2.75, 3.05) is 11.3 Å². The number of benzene rings is 1. The van der Waals surface area contributed by atoms with Crippen LogP contribution in [0.5, 0.6) is 5.75 Å². The number of pyridine rings is 1. The third kappa shape index (κ3) is 4.93. The minimum absolute atomic E-state index is 0.000645. The summed E-state index contributed by atoms with van der Waals surface area (Å²) < 4.78 is 56.9. The fourth-order valence-corrected chi connectivity index (χ4v) is 3.87. The lowest BCUT2D eigenvalue weighted by molar-refractivity contribution is 0.0880. The zero-order valence-corrected chi connectivity index (χ0v) is 17.5. The zero-order valence-electron chi connectivity index (χ0n) is 15.9. The number of carbonyl (C=O) groups is 1. The van der Waals surface area contributed by atoms with Gasteiger partial charge in [0.2, 0.25) is 0 Å². The maximum absolute atomic E-state index is 12.5. The van der Waals surface area contributed by atoms with Gasteiger partial charge in [0.15, 0.2) is 5.84 Å². The molecule has 0 saturated carbocycles. The van der Waals surface area contributed by atoms with Gasteiger partial charge >= 0.3 is 10.2 Å². The third-order valence-corrected chi connectivity index (χ3v) is 5.43. The molecule has 160 valence electrons. The molecule has 0 saturated heterocycles. The Hall–Kier alpha value is -3.03. The Bertz CT molecular complexity index is 1160. The molecular weight excluding hydrogens is 434 g/mol. The molecule has 1 aromatic carbocycles. The van der Waals surface area contributed by atoms with Crippen LogP contribution in [0.3, 0.4) is 0 Å². The van der Waals surface area contributed by atoms with Gasteiger partial charge in [-0.1, -0.05) is 6.07 Å². The minimum atomic E-state index is -3.91. The van der Waals surface area contributed by atoms with Gasteiger partial charge in [-0.15, -0.1) is 4.40 Å². The quantitative estimate of drug-likeness (QED) is 0.523. The fraction of sp³-hybridized carbons (Fsp3) is 0.235. The molecule has 1 aliphatic heterocycles. The van der Waals surface area contributed by atoms with E-state index in [0.717, 1.165) is 6.07 Å². The number of rotatable bonds is 6. The number of aromatic nitrogens is 1. The number of carbonyl (C=O) groups excluding carboxylic acids is 1. The maximum atomic E-state index is 12.5. The van der Waals surface area contributed by atoms with Crippen LogP contribution in [0, 0.1) is 0 Å². The Labute approximate surface area is 175 Å². The van der Waals surface area contributed by atoms with Crippen LogP contribution in [0.15, 0.2) is 46.0 Å². The van der Waals surface area contributed by atoms with E-state index in [0.29, 0.717) is 5.56 Å². The molecule has 4 N–H and O–H groups in total. The van der Waals surface area contributed by atoms with Crippen LogP contribution in [0.25, 0.3) is 0 Å². The van der Waals surface area contributed by atoms with E-state index < -0.39 is 32.7 Å². The first-order chi connectivity index (χ1) is 14.0. The summed E-state index contributed by atoms with van der Waals surface area (Å²) in [4.78, 5) is 16.2. The van der Waals surface area contributed by atoms with Crippen LogP contribution in [0.4, 0.5) is 5.69 Å². The molecule has 1 atom stereocenters. The van der Waals surface area contributed by atoms with Gasteiger partial charge in [0.25, 0.3) is 5.91 Å². The highest BCUT2D eigenvalue weighted by Crippen LogP contribution is 2.30. The lowest BCUT2D eigenvalue weighted by Crippen LogP contribution is -2.48. The summed E-state index contributed by atoms with van der Waals surface area (Å²) in [5.74, 6) is -0.441. The Kier molecular flexibility index (Phi) is 5.78. The van der Waals surface area contributed by atoms with Gasteiger partial charge in [-0.25, -0.2) is 4.98 Å². The summed E-state index contributed by atoms with van der Waals surface area (Å²) in [6, 6.07) is 7.25. The normalized spacial score (nSPS) is 15.9. The van der Waals surface area contributed by atoms with E-state index in [1.54, 1.807) is 26.0 Å². The molecule has 1 unspecified atom stereocenters. The molecule has 1 aliphatic rings. The molecule has 11 nitrogen and oxygen atoms in total. The second-order valence-electron chi connectivity index (χ2n) is 6.98. The average Bonchev–Trinajstić information content (AvgIpc) is 2.65. The number of ether oxygens (including phenoxy) is 1. The number of hydrogen-bond acceptors (Lipinski definition) is 8. The standard InChI is InChI=1S/C17H19N5O6S2/c1-17(2,20-16(23)10-6-7-19-13(8-10)29(24)25)9-28-12-5-3-4-11-14(12)15(18)22-30(26,27)21-11/h3-8,21H,9H2,1-2H3,(H2,18,22)(H,20,23)(H,24,25)/p-1. The largest absolute Gasteiger partial charge is 0.767 e. The second-order valence-corrected chi connectivity index (χ2v) is 9.20. The number of nitrogens with zero attached hydrogens (tertiary/aromatic N) is 2. The number of fused-ring (bicyclic) bond motifs is 1. The highest BCUT2D eigenvalue weighted by Gasteiger charge is 2.27. The number of hydrogen-bond donors (Lipinski definition) is 3. The van der Waals surface area contributed by atoms with Gasteiger partial charge in [0, 0.05) is 11.8 Å². The molecule has 1 aromatic heterocycles. The van der Waals surface area contributed by atoms with Gasteiger partial charge in [0.05, 0.1) is 16.8 Å². The topological polar surface area (TPSA) is 176 Å².